The van der Waals surface area contributed by atoms with Gasteiger partial charge in [0.25, 0.3) is 0 Å². The summed E-state index contributed by atoms with van der Waals surface area (Å²) in [6, 6.07) is 5.28. The molecular weight excluding hydrogens is 340 g/mol. The Labute approximate surface area is 129 Å². The van der Waals surface area contributed by atoms with E-state index in [1.165, 1.54) is 0 Å². The topological polar surface area (TPSA) is 49.4 Å². The molecule has 0 amide bonds. The maximum Gasteiger partial charge on any atom is 0.241 e. The summed E-state index contributed by atoms with van der Waals surface area (Å²) in [7, 11) is -3.43. The molecule has 1 atom stereocenters. The van der Waals surface area contributed by atoms with E-state index in [1.54, 1.807) is 6.07 Å². The Balaban J connectivity index is 2.01. The van der Waals surface area contributed by atoms with Gasteiger partial charge in [0.2, 0.25) is 10.0 Å². The molecule has 0 saturated carbocycles. The third-order valence-electron chi connectivity index (χ3n) is 3.76. The lowest BCUT2D eigenvalue weighted by molar-refractivity contribution is 0.342. The molecule has 1 fully saturated rings. The lowest BCUT2D eigenvalue weighted by Crippen LogP contribution is -2.31. The Morgan fingerprint density at radius 3 is 2.80 bits per heavy atom. The van der Waals surface area contributed by atoms with E-state index in [4.69, 9.17) is 0 Å². The van der Waals surface area contributed by atoms with Gasteiger partial charge in [0.05, 0.1) is 4.90 Å². The first-order chi connectivity index (χ1) is 9.42. The van der Waals surface area contributed by atoms with Crippen LogP contribution in [0.25, 0.3) is 0 Å². The molecule has 0 spiro atoms. The first-order valence-electron chi connectivity index (χ1n) is 6.90. The highest BCUT2D eigenvalue weighted by Gasteiger charge is 2.24. The molecule has 20 heavy (non-hydrogen) atoms. The highest BCUT2D eigenvalue weighted by atomic mass is 79.9. The molecule has 6 heteroatoms. The van der Waals surface area contributed by atoms with Gasteiger partial charge in [0.1, 0.15) is 0 Å². The maximum absolute atomic E-state index is 12.3. The van der Waals surface area contributed by atoms with Gasteiger partial charge in [-0.1, -0.05) is 13.0 Å². The first kappa shape index (κ1) is 15.9. The number of nitrogens with zero attached hydrogens (tertiary/aromatic N) is 1. The number of nitrogens with one attached hydrogen (secondary N) is 1. The summed E-state index contributed by atoms with van der Waals surface area (Å²) in [5.41, 5.74) is 1.03. The van der Waals surface area contributed by atoms with Crippen molar-refractivity contribution < 1.29 is 8.42 Å². The zero-order valence-corrected chi connectivity index (χ0v) is 14.3. The van der Waals surface area contributed by atoms with Gasteiger partial charge in [-0.25, -0.2) is 13.1 Å². The van der Waals surface area contributed by atoms with Crippen LogP contribution < -0.4 is 4.72 Å². The van der Waals surface area contributed by atoms with Crippen molar-refractivity contribution in [2.24, 2.45) is 5.92 Å². The fraction of sp³-hybridized carbons (Fsp3) is 0.571. The number of sulfonamides is 1. The van der Waals surface area contributed by atoms with Crippen LogP contribution in [0, 0.1) is 12.8 Å². The van der Waals surface area contributed by atoms with Crippen LogP contribution in [-0.4, -0.2) is 39.5 Å². The summed E-state index contributed by atoms with van der Waals surface area (Å²) in [5, 5.41) is 0. The Hall–Kier alpha value is -0.430. The lowest BCUT2D eigenvalue weighted by atomic mass is 10.1. The van der Waals surface area contributed by atoms with E-state index < -0.39 is 10.0 Å². The molecule has 1 aromatic carbocycles. The molecule has 1 heterocycles. The fourth-order valence-corrected chi connectivity index (χ4v) is 4.80. The summed E-state index contributed by atoms with van der Waals surface area (Å²) < 4.78 is 28.0. The van der Waals surface area contributed by atoms with Crippen molar-refractivity contribution in [3.63, 3.8) is 0 Å². The Bertz CT molecular complexity index is 575. The molecule has 1 unspecified atom stereocenters. The Morgan fingerprint density at radius 2 is 2.20 bits per heavy atom. The van der Waals surface area contributed by atoms with Crippen molar-refractivity contribution in [2.45, 2.75) is 25.2 Å². The highest BCUT2D eigenvalue weighted by Crippen LogP contribution is 2.23. The van der Waals surface area contributed by atoms with Crippen LogP contribution in [0.2, 0.25) is 0 Å². The normalized spacial score (nSPS) is 20.4. The van der Waals surface area contributed by atoms with Gasteiger partial charge in [0, 0.05) is 17.6 Å². The second-order valence-electron chi connectivity index (χ2n) is 5.33. The van der Waals surface area contributed by atoms with Crippen LogP contribution in [0.1, 0.15) is 18.9 Å². The number of hydrogen-bond acceptors (Lipinski definition) is 3. The molecule has 1 aliphatic rings. The van der Waals surface area contributed by atoms with Gasteiger partial charge >= 0.3 is 0 Å². The first-order valence-corrected chi connectivity index (χ1v) is 9.18. The van der Waals surface area contributed by atoms with Gasteiger partial charge in [-0.15, -0.1) is 0 Å². The number of halogens is 1. The smallest absolute Gasteiger partial charge is 0.241 e. The molecular formula is C14H21BrN2O2S. The third-order valence-corrected chi connectivity index (χ3v) is 6.16. The Morgan fingerprint density at radius 1 is 1.45 bits per heavy atom. The van der Waals surface area contributed by atoms with Gasteiger partial charge in [-0.05, 0) is 66.0 Å². The monoisotopic (exact) mass is 360 g/mol. The zero-order valence-electron chi connectivity index (χ0n) is 11.9. The molecule has 1 saturated heterocycles. The van der Waals surface area contributed by atoms with Crippen LogP contribution in [0.15, 0.2) is 27.6 Å². The van der Waals surface area contributed by atoms with Crippen LogP contribution in [0.3, 0.4) is 0 Å². The van der Waals surface area contributed by atoms with Crippen LogP contribution in [0.5, 0.6) is 0 Å². The second kappa shape index (κ2) is 6.56. The van der Waals surface area contributed by atoms with Crippen molar-refractivity contribution in [3.8, 4) is 0 Å². The van der Waals surface area contributed by atoms with Crippen molar-refractivity contribution in [2.75, 3.05) is 26.2 Å². The number of aryl methyl sites for hydroxylation is 1. The quantitative estimate of drug-likeness (QED) is 0.876. The molecule has 4 nitrogen and oxygen atoms in total. The number of likely N-dealkylation sites (tertiary alicyclic amines) is 1. The van der Waals surface area contributed by atoms with Crippen molar-refractivity contribution in [1.29, 1.82) is 0 Å². The van der Waals surface area contributed by atoms with E-state index in [0.29, 0.717) is 21.8 Å². The molecule has 2 rings (SSSR count). The summed E-state index contributed by atoms with van der Waals surface area (Å²) in [6.07, 6.45) is 1.06. The number of benzene rings is 1. The SMILES string of the molecule is CCN1CCC(CNS(=O)(=O)c2ccc(C)cc2Br)C1. The molecule has 112 valence electrons. The number of rotatable bonds is 5. The van der Waals surface area contributed by atoms with Crippen molar-refractivity contribution in [3.05, 3.63) is 28.2 Å². The van der Waals surface area contributed by atoms with E-state index in [0.717, 1.165) is 31.6 Å². The van der Waals surface area contributed by atoms with Gasteiger partial charge in [-0.3, -0.25) is 0 Å². The second-order valence-corrected chi connectivity index (χ2v) is 7.92. The molecule has 0 aromatic heterocycles. The van der Waals surface area contributed by atoms with Crippen LogP contribution >= 0.6 is 15.9 Å². The van der Waals surface area contributed by atoms with Crippen molar-refractivity contribution in [1.82, 2.24) is 9.62 Å². The average molecular weight is 361 g/mol. The van der Waals surface area contributed by atoms with Gasteiger partial charge in [-0.2, -0.15) is 0 Å². The zero-order chi connectivity index (χ0) is 14.8. The van der Waals surface area contributed by atoms with Crippen LogP contribution in [-0.2, 0) is 10.0 Å². The van der Waals surface area contributed by atoms with Gasteiger partial charge in [0.15, 0.2) is 0 Å². The average Bonchev–Trinajstić information content (AvgIpc) is 2.84. The van der Waals surface area contributed by atoms with E-state index in [-0.39, 0.29) is 0 Å². The molecule has 0 bridgehead atoms. The summed E-state index contributed by atoms with van der Waals surface area (Å²) in [4.78, 5) is 2.66. The molecule has 1 aliphatic heterocycles. The highest BCUT2D eigenvalue weighted by molar-refractivity contribution is 9.10. The maximum atomic E-state index is 12.3. The molecule has 1 N–H and O–H groups in total. The Kier molecular flexibility index (Phi) is 5.23. The predicted octanol–water partition coefficient (Wildman–Crippen LogP) is 2.38. The predicted molar refractivity (Wildman–Crippen MR) is 84.3 cm³/mol. The summed E-state index contributed by atoms with van der Waals surface area (Å²) >= 11 is 3.33. The fourth-order valence-electron chi connectivity index (χ4n) is 2.50. The largest absolute Gasteiger partial charge is 0.303 e. The lowest BCUT2D eigenvalue weighted by Gasteiger charge is -2.14. The van der Waals surface area contributed by atoms with E-state index in [1.807, 2.05) is 19.1 Å². The minimum Gasteiger partial charge on any atom is -0.303 e. The molecule has 0 radical (unpaired) electrons. The third kappa shape index (κ3) is 3.81. The standard InChI is InChI=1S/C14H21BrN2O2S/c1-3-17-7-6-12(10-17)9-16-20(18,19)14-5-4-11(2)8-13(14)15/h4-5,8,12,16H,3,6-7,9-10H2,1-2H3. The van der Waals surface area contributed by atoms with Crippen LogP contribution in [0.4, 0.5) is 0 Å². The number of hydrogen-bond donors (Lipinski definition) is 1. The van der Waals surface area contributed by atoms with E-state index in [2.05, 4.69) is 32.5 Å². The summed E-state index contributed by atoms with van der Waals surface area (Å²) in [6.45, 7) is 7.67. The van der Waals surface area contributed by atoms with Crippen molar-refractivity contribution >= 4 is 26.0 Å². The molecule has 0 aliphatic carbocycles. The minimum absolute atomic E-state index is 0.313. The van der Waals surface area contributed by atoms with E-state index >= 15 is 0 Å². The molecule has 1 aromatic rings. The summed E-state index contributed by atoms with van der Waals surface area (Å²) in [5.74, 6) is 0.411. The van der Waals surface area contributed by atoms with Gasteiger partial charge < -0.3 is 4.90 Å². The minimum atomic E-state index is -3.43. The van der Waals surface area contributed by atoms with E-state index in [9.17, 15) is 8.42 Å².